The van der Waals surface area contributed by atoms with Crippen molar-refractivity contribution < 1.29 is 14.1 Å². The summed E-state index contributed by atoms with van der Waals surface area (Å²) in [4.78, 5) is 22.6. The van der Waals surface area contributed by atoms with Crippen LogP contribution < -0.4 is 5.43 Å². The predicted molar refractivity (Wildman–Crippen MR) is 114 cm³/mol. The van der Waals surface area contributed by atoms with E-state index < -0.39 is 16.7 Å². The quantitative estimate of drug-likeness (QED) is 0.273. The van der Waals surface area contributed by atoms with Gasteiger partial charge in [0.25, 0.3) is 5.91 Å². The van der Waals surface area contributed by atoms with Crippen LogP contribution in [0.5, 0.6) is 0 Å². The number of amides is 1. The molecule has 0 radical (unpaired) electrons. The fourth-order valence-electron chi connectivity index (χ4n) is 2.77. The van der Waals surface area contributed by atoms with Crippen LogP contribution >= 0.6 is 11.6 Å². The van der Waals surface area contributed by atoms with E-state index in [4.69, 9.17) is 16.0 Å². The Kier molecular flexibility index (Phi) is 5.59. The van der Waals surface area contributed by atoms with Gasteiger partial charge in [0.15, 0.2) is 5.76 Å². The normalized spacial score (nSPS) is 11.0. The Balaban J connectivity index is 1.63. The molecule has 0 saturated heterocycles. The van der Waals surface area contributed by atoms with Crippen molar-refractivity contribution in [2.75, 3.05) is 0 Å². The van der Waals surface area contributed by atoms with Gasteiger partial charge in [-0.25, -0.2) is 10.1 Å². The summed E-state index contributed by atoms with van der Waals surface area (Å²) in [5.74, 6) is -0.617. The van der Waals surface area contributed by atoms with E-state index in [2.05, 4.69) is 15.6 Å². The van der Waals surface area contributed by atoms with Crippen LogP contribution in [0, 0.1) is 10.1 Å². The topological polar surface area (TPSA) is 116 Å². The molecule has 0 fully saturated rings. The molecule has 154 valence electrons. The molecule has 2 heterocycles. The van der Waals surface area contributed by atoms with Gasteiger partial charge in [0, 0.05) is 22.3 Å². The summed E-state index contributed by atoms with van der Waals surface area (Å²) in [6.07, 6.45) is 3.07. The third-order valence-electron chi connectivity index (χ3n) is 4.24. The van der Waals surface area contributed by atoms with Gasteiger partial charge in [-0.1, -0.05) is 29.8 Å². The Bertz CT molecular complexity index is 1260. The minimum Gasteiger partial charge on any atom is -0.399 e. The van der Waals surface area contributed by atoms with Crippen LogP contribution in [0.2, 0.25) is 5.02 Å². The summed E-state index contributed by atoms with van der Waals surface area (Å²) >= 11 is 5.83. The number of aromatic nitrogens is 2. The first-order valence-electron chi connectivity index (χ1n) is 9.00. The van der Waals surface area contributed by atoms with Gasteiger partial charge in [-0.3, -0.25) is 14.9 Å². The van der Waals surface area contributed by atoms with E-state index >= 15 is 0 Å². The molecular weight excluding hydrogens is 422 g/mol. The standard InChI is InChI=1S/C21H14ClN5O4/c22-16-8-6-14(7-9-16)21(28)24-23-12-15-13-26(17-4-2-1-3-5-17)25-20(15)18-10-11-19(31-18)27(29)30/h1-13H,(H,24,28)/b23-12+. The van der Waals surface area contributed by atoms with E-state index in [1.807, 2.05) is 30.3 Å². The molecule has 2 aromatic carbocycles. The van der Waals surface area contributed by atoms with Crippen molar-refractivity contribution in [3.8, 4) is 17.1 Å². The third-order valence-corrected chi connectivity index (χ3v) is 4.50. The fourth-order valence-corrected chi connectivity index (χ4v) is 2.89. The monoisotopic (exact) mass is 435 g/mol. The Labute approximate surface area is 180 Å². The number of nitro groups is 1. The number of carbonyl (C=O) groups is 1. The summed E-state index contributed by atoms with van der Waals surface area (Å²) in [5, 5.41) is 19.9. The van der Waals surface area contributed by atoms with Gasteiger partial charge in [-0.2, -0.15) is 10.2 Å². The molecule has 0 bridgehead atoms. The predicted octanol–water partition coefficient (Wildman–Crippen LogP) is 4.46. The Morgan fingerprint density at radius 3 is 2.55 bits per heavy atom. The van der Waals surface area contributed by atoms with Crippen LogP contribution in [-0.2, 0) is 0 Å². The maximum atomic E-state index is 12.2. The summed E-state index contributed by atoms with van der Waals surface area (Å²) in [6, 6.07) is 18.4. The summed E-state index contributed by atoms with van der Waals surface area (Å²) < 4.78 is 6.88. The van der Waals surface area contributed by atoms with Gasteiger partial charge in [0.05, 0.1) is 18.0 Å². The van der Waals surface area contributed by atoms with Crippen molar-refractivity contribution in [3.63, 3.8) is 0 Å². The van der Waals surface area contributed by atoms with Gasteiger partial charge in [-0.15, -0.1) is 0 Å². The summed E-state index contributed by atoms with van der Waals surface area (Å²) in [6.45, 7) is 0. The number of benzene rings is 2. The molecule has 2 aromatic heterocycles. The molecule has 4 aromatic rings. The van der Waals surface area contributed by atoms with Gasteiger partial charge in [0.1, 0.15) is 10.6 Å². The molecule has 9 nitrogen and oxygen atoms in total. The minimum absolute atomic E-state index is 0.201. The molecule has 10 heteroatoms. The number of hydrogen-bond acceptors (Lipinski definition) is 6. The highest BCUT2D eigenvalue weighted by Gasteiger charge is 2.19. The van der Waals surface area contributed by atoms with E-state index in [1.165, 1.54) is 18.3 Å². The van der Waals surface area contributed by atoms with Gasteiger partial charge >= 0.3 is 5.88 Å². The smallest absolute Gasteiger partial charge is 0.399 e. The highest BCUT2D eigenvalue weighted by molar-refractivity contribution is 6.30. The number of halogens is 1. The van der Waals surface area contributed by atoms with Crippen molar-refractivity contribution >= 4 is 29.6 Å². The molecule has 0 aliphatic carbocycles. The molecule has 0 unspecified atom stereocenters. The summed E-state index contributed by atoms with van der Waals surface area (Å²) in [7, 11) is 0. The average Bonchev–Trinajstić information content (AvgIpc) is 3.42. The van der Waals surface area contributed by atoms with E-state index in [0.29, 0.717) is 21.8 Å². The van der Waals surface area contributed by atoms with Crippen LogP contribution in [0.4, 0.5) is 5.88 Å². The molecule has 0 aliphatic heterocycles. The van der Waals surface area contributed by atoms with E-state index in [1.54, 1.807) is 35.1 Å². The van der Waals surface area contributed by atoms with Crippen LogP contribution in [0.15, 0.2) is 82.4 Å². The van der Waals surface area contributed by atoms with E-state index in [9.17, 15) is 14.9 Å². The first-order chi connectivity index (χ1) is 15.0. The zero-order valence-corrected chi connectivity index (χ0v) is 16.6. The number of nitrogens with one attached hydrogen (secondary N) is 1. The third kappa shape index (κ3) is 4.51. The Hall–Kier alpha value is -4.24. The molecule has 0 saturated carbocycles. The zero-order chi connectivity index (χ0) is 21.8. The number of hydrogen-bond donors (Lipinski definition) is 1. The number of carbonyl (C=O) groups excluding carboxylic acids is 1. The van der Waals surface area contributed by atoms with Crippen molar-refractivity contribution in [1.29, 1.82) is 0 Å². The maximum Gasteiger partial charge on any atom is 0.433 e. The number of para-hydroxylation sites is 1. The second-order valence-electron chi connectivity index (χ2n) is 6.31. The first-order valence-corrected chi connectivity index (χ1v) is 9.38. The lowest BCUT2D eigenvalue weighted by molar-refractivity contribution is -0.401. The van der Waals surface area contributed by atoms with Crippen molar-refractivity contribution in [2.24, 2.45) is 5.10 Å². The molecular formula is C21H14ClN5O4. The first kappa shape index (κ1) is 20.0. The lowest BCUT2D eigenvalue weighted by Crippen LogP contribution is -2.17. The molecule has 31 heavy (non-hydrogen) atoms. The molecule has 0 atom stereocenters. The van der Waals surface area contributed by atoms with Crippen LogP contribution in [-0.4, -0.2) is 26.8 Å². The van der Waals surface area contributed by atoms with Crippen LogP contribution in [0.25, 0.3) is 17.1 Å². The largest absolute Gasteiger partial charge is 0.433 e. The number of hydrazone groups is 1. The average molecular weight is 436 g/mol. The molecule has 4 rings (SSSR count). The highest BCUT2D eigenvalue weighted by atomic mass is 35.5. The van der Waals surface area contributed by atoms with Crippen molar-refractivity contribution in [1.82, 2.24) is 15.2 Å². The SMILES string of the molecule is O=C(N/N=C/c1cn(-c2ccccc2)nc1-c1ccc([N+](=O)[O-])o1)c1ccc(Cl)cc1. The van der Waals surface area contributed by atoms with E-state index in [0.717, 1.165) is 5.69 Å². The number of rotatable bonds is 6. The fraction of sp³-hybridized carbons (Fsp3) is 0. The second kappa shape index (κ2) is 8.64. The molecule has 0 aliphatic rings. The van der Waals surface area contributed by atoms with E-state index in [-0.39, 0.29) is 5.76 Å². The number of furan rings is 1. The Morgan fingerprint density at radius 2 is 1.87 bits per heavy atom. The molecule has 1 N–H and O–H groups in total. The Morgan fingerprint density at radius 1 is 1.13 bits per heavy atom. The molecule has 0 spiro atoms. The van der Waals surface area contributed by atoms with Gasteiger partial charge < -0.3 is 4.42 Å². The molecule has 1 amide bonds. The zero-order valence-electron chi connectivity index (χ0n) is 15.8. The lowest BCUT2D eigenvalue weighted by atomic mass is 10.2. The van der Waals surface area contributed by atoms with Crippen LogP contribution in [0.3, 0.4) is 0 Å². The highest BCUT2D eigenvalue weighted by Crippen LogP contribution is 2.27. The van der Waals surface area contributed by atoms with Crippen LogP contribution in [0.1, 0.15) is 15.9 Å². The number of nitrogens with zero attached hydrogens (tertiary/aromatic N) is 4. The minimum atomic E-state index is -0.627. The van der Waals surface area contributed by atoms with Gasteiger partial charge in [0.2, 0.25) is 0 Å². The maximum absolute atomic E-state index is 12.2. The van der Waals surface area contributed by atoms with Gasteiger partial charge in [-0.05, 0) is 42.5 Å². The second-order valence-corrected chi connectivity index (χ2v) is 6.75. The van der Waals surface area contributed by atoms with Crippen molar-refractivity contribution in [2.45, 2.75) is 0 Å². The summed E-state index contributed by atoms with van der Waals surface area (Å²) in [5.41, 5.74) is 4.42. The lowest BCUT2D eigenvalue weighted by Gasteiger charge is -1.99. The van der Waals surface area contributed by atoms with Crippen molar-refractivity contribution in [3.05, 3.63) is 99.2 Å².